The molecule has 0 aliphatic carbocycles. The molecular weight excluding hydrogens is 443 g/mol. The number of halogens is 1. The van der Waals surface area contributed by atoms with Gasteiger partial charge in [-0.05, 0) is 6.42 Å². The number of rotatable bonds is 21. The van der Waals surface area contributed by atoms with Gasteiger partial charge in [0, 0.05) is 11.8 Å². The minimum absolute atomic E-state index is 0.0346. The Hall–Kier alpha value is 0.100. The van der Waals surface area contributed by atoms with Crippen LogP contribution in [0.2, 0.25) is 0 Å². The molecule has 0 aromatic carbocycles. The number of phosphoric acid groups is 1. The van der Waals surface area contributed by atoms with Crippen LogP contribution in [0.5, 0.6) is 0 Å². The predicted octanol–water partition coefficient (Wildman–Crippen LogP) is 7.06. The van der Waals surface area contributed by atoms with E-state index in [0.717, 1.165) is 12.8 Å². The number of carbonyl (C=O) groups excluding carboxylic acids is 1. The van der Waals surface area contributed by atoms with Crippen molar-refractivity contribution in [1.82, 2.24) is 0 Å². The molecule has 0 saturated heterocycles. The molecule has 168 valence electrons. The number of unbranched alkanes of at least 4 members (excludes halogenated alkanes) is 15. The SMILES string of the molecule is CCCCCCCCCCCCCCCCCCC(=O)OP(=O)([O-])OCCBr. The Bertz CT molecular complexity index is 406. The first kappa shape index (κ1) is 28.1. The average Bonchev–Trinajstić information content (AvgIpc) is 2.65. The first-order chi connectivity index (χ1) is 13.5. The second-order valence-corrected chi connectivity index (χ2v) is 9.61. The van der Waals surface area contributed by atoms with E-state index in [1.54, 1.807) is 0 Å². The third-order valence-corrected chi connectivity index (χ3v) is 6.02. The second-order valence-electron chi connectivity index (χ2n) is 7.49. The lowest BCUT2D eigenvalue weighted by Crippen LogP contribution is -2.13. The molecule has 0 radical (unpaired) electrons. The summed E-state index contributed by atoms with van der Waals surface area (Å²) in [5.41, 5.74) is 0. The van der Waals surface area contributed by atoms with Crippen molar-refractivity contribution in [3.63, 3.8) is 0 Å². The molecule has 0 rings (SSSR count). The van der Waals surface area contributed by atoms with Crippen molar-refractivity contribution < 1.29 is 23.3 Å². The van der Waals surface area contributed by atoms with Gasteiger partial charge >= 0.3 is 13.8 Å². The molecule has 1 unspecified atom stereocenters. The molecule has 0 aromatic rings. The minimum Gasteiger partial charge on any atom is -0.746 e. The third-order valence-electron chi connectivity index (χ3n) is 4.77. The molecule has 0 aliphatic heterocycles. The molecule has 0 amide bonds. The van der Waals surface area contributed by atoms with E-state index in [9.17, 15) is 14.3 Å². The van der Waals surface area contributed by atoms with E-state index in [-0.39, 0.29) is 13.0 Å². The standard InChI is InChI=1S/C21H42BrO5P/c1-2-3-4-5-6-7-8-9-10-11-12-13-14-15-16-17-18-21(23)27-28(24,25)26-20-19-22/h2-20H2,1H3,(H,24,25)/p-1. The summed E-state index contributed by atoms with van der Waals surface area (Å²) >= 11 is 3.05. The zero-order chi connectivity index (χ0) is 20.9. The van der Waals surface area contributed by atoms with Crippen LogP contribution in [-0.2, 0) is 18.4 Å². The molecule has 0 heterocycles. The summed E-state index contributed by atoms with van der Waals surface area (Å²) in [5, 5.41) is 0.371. The van der Waals surface area contributed by atoms with Crippen LogP contribution < -0.4 is 4.89 Å². The molecule has 1 atom stereocenters. The first-order valence-electron chi connectivity index (χ1n) is 11.3. The van der Waals surface area contributed by atoms with Gasteiger partial charge in [-0.1, -0.05) is 119 Å². The highest BCUT2D eigenvalue weighted by Crippen LogP contribution is 2.38. The van der Waals surface area contributed by atoms with Crippen LogP contribution in [0.1, 0.15) is 116 Å². The summed E-state index contributed by atoms with van der Waals surface area (Å²) in [6.45, 7) is 2.23. The van der Waals surface area contributed by atoms with Gasteiger partial charge in [-0.3, -0.25) is 9.36 Å². The fourth-order valence-electron chi connectivity index (χ4n) is 3.16. The number of phosphoric ester groups is 1. The van der Waals surface area contributed by atoms with Gasteiger partial charge in [-0.15, -0.1) is 0 Å². The lowest BCUT2D eigenvalue weighted by molar-refractivity contribution is -0.224. The van der Waals surface area contributed by atoms with Gasteiger partial charge in [-0.25, -0.2) is 0 Å². The zero-order valence-electron chi connectivity index (χ0n) is 17.8. The lowest BCUT2D eigenvalue weighted by atomic mass is 10.0. The summed E-state index contributed by atoms with van der Waals surface area (Å²) in [6, 6.07) is 0. The van der Waals surface area contributed by atoms with Crippen LogP contribution in [0, 0.1) is 0 Å². The van der Waals surface area contributed by atoms with Crippen molar-refractivity contribution in [3.8, 4) is 0 Å². The average molecular weight is 484 g/mol. The normalized spacial score (nSPS) is 13.4. The Balaban J connectivity index is 3.29. The monoisotopic (exact) mass is 483 g/mol. The van der Waals surface area contributed by atoms with Crippen molar-refractivity contribution in [2.24, 2.45) is 0 Å². The van der Waals surface area contributed by atoms with Gasteiger partial charge in [0.2, 0.25) is 0 Å². The third kappa shape index (κ3) is 20.8. The highest BCUT2D eigenvalue weighted by atomic mass is 79.9. The summed E-state index contributed by atoms with van der Waals surface area (Å²) in [6.07, 6.45) is 20.3. The molecule has 28 heavy (non-hydrogen) atoms. The van der Waals surface area contributed by atoms with E-state index >= 15 is 0 Å². The van der Waals surface area contributed by atoms with Crippen molar-refractivity contribution in [3.05, 3.63) is 0 Å². The van der Waals surface area contributed by atoms with Crippen molar-refractivity contribution >= 4 is 29.7 Å². The van der Waals surface area contributed by atoms with E-state index in [2.05, 4.69) is 31.9 Å². The fourth-order valence-corrected chi connectivity index (χ4v) is 4.28. The van der Waals surface area contributed by atoms with Crippen LogP contribution in [0.4, 0.5) is 0 Å². The van der Waals surface area contributed by atoms with Crippen LogP contribution in [0.15, 0.2) is 0 Å². The van der Waals surface area contributed by atoms with Crippen molar-refractivity contribution in [2.45, 2.75) is 116 Å². The van der Waals surface area contributed by atoms with E-state index in [1.807, 2.05) is 0 Å². The molecule has 0 aliphatic rings. The summed E-state index contributed by atoms with van der Waals surface area (Å²) in [7, 11) is -4.49. The maximum absolute atomic E-state index is 11.5. The predicted molar refractivity (Wildman–Crippen MR) is 118 cm³/mol. The van der Waals surface area contributed by atoms with E-state index in [4.69, 9.17) is 0 Å². The number of alkyl halides is 1. The molecular formula is C21H41BrO5P-. The summed E-state index contributed by atoms with van der Waals surface area (Å²) < 4.78 is 20.2. The molecule has 0 bridgehead atoms. The van der Waals surface area contributed by atoms with Crippen LogP contribution in [0.3, 0.4) is 0 Å². The van der Waals surface area contributed by atoms with E-state index in [1.165, 1.54) is 83.5 Å². The van der Waals surface area contributed by atoms with Gasteiger partial charge in [0.05, 0.1) is 6.61 Å². The number of hydrogen-bond acceptors (Lipinski definition) is 5. The summed E-state index contributed by atoms with van der Waals surface area (Å²) in [4.78, 5) is 22.8. The smallest absolute Gasteiger partial charge is 0.321 e. The molecule has 5 nitrogen and oxygen atoms in total. The van der Waals surface area contributed by atoms with Gasteiger partial charge in [0.1, 0.15) is 0 Å². The molecule has 0 N–H and O–H groups in total. The van der Waals surface area contributed by atoms with E-state index in [0.29, 0.717) is 11.8 Å². The van der Waals surface area contributed by atoms with Crippen molar-refractivity contribution in [2.75, 3.05) is 11.9 Å². The largest absolute Gasteiger partial charge is 0.746 e. The highest BCUT2D eigenvalue weighted by Gasteiger charge is 2.14. The molecule has 7 heteroatoms. The van der Waals surface area contributed by atoms with Gasteiger partial charge in [-0.2, -0.15) is 0 Å². The fraction of sp³-hybridized carbons (Fsp3) is 0.952. The van der Waals surface area contributed by atoms with Gasteiger partial charge in [0.25, 0.3) is 0 Å². The molecule has 0 saturated carbocycles. The second kappa shape index (κ2) is 20.4. The Kier molecular flexibility index (Phi) is 20.4. The van der Waals surface area contributed by atoms with Gasteiger partial charge in [0.15, 0.2) is 0 Å². The minimum atomic E-state index is -4.49. The Morgan fingerprint density at radius 3 is 1.57 bits per heavy atom. The molecule has 0 fully saturated rings. The number of hydrogen-bond donors (Lipinski definition) is 0. The van der Waals surface area contributed by atoms with Gasteiger partial charge < -0.3 is 13.9 Å². The zero-order valence-corrected chi connectivity index (χ0v) is 20.3. The summed E-state index contributed by atoms with van der Waals surface area (Å²) in [5.74, 6) is -0.724. The van der Waals surface area contributed by atoms with E-state index < -0.39 is 13.8 Å². The maximum atomic E-state index is 11.5. The van der Waals surface area contributed by atoms with Crippen LogP contribution >= 0.6 is 23.8 Å². The van der Waals surface area contributed by atoms with Crippen molar-refractivity contribution in [1.29, 1.82) is 0 Å². The first-order valence-corrected chi connectivity index (χ1v) is 13.8. The Morgan fingerprint density at radius 1 is 0.786 bits per heavy atom. The molecule has 0 aromatic heterocycles. The van der Waals surface area contributed by atoms with Crippen LogP contribution in [0.25, 0.3) is 0 Å². The maximum Gasteiger partial charge on any atom is 0.321 e. The topological polar surface area (TPSA) is 75.7 Å². The molecule has 0 spiro atoms. The Labute approximate surface area is 181 Å². The quantitative estimate of drug-likeness (QED) is 0.0990. The van der Waals surface area contributed by atoms with Crippen LogP contribution in [-0.4, -0.2) is 17.9 Å². The lowest BCUT2D eigenvalue weighted by Gasteiger charge is -2.21. The highest BCUT2D eigenvalue weighted by molar-refractivity contribution is 9.09. The Morgan fingerprint density at radius 2 is 1.18 bits per heavy atom. The number of carbonyl (C=O) groups is 1.